The summed E-state index contributed by atoms with van der Waals surface area (Å²) in [6.07, 6.45) is 2.25. The number of halogens is 1. The fourth-order valence-electron chi connectivity index (χ4n) is 1.99. The van der Waals surface area contributed by atoms with Crippen LogP contribution in [0.5, 0.6) is 0 Å². The summed E-state index contributed by atoms with van der Waals surface area (Å²) in [6, 6.07) is 6.72. The quantitative estimate of drug-likeness (QED) is 0.834. The molecule has 0 saturated heterocycles. The molecule has 0 amide bonds. The zero-order chi connectivity index (χ0) is 14.8. The van der Waals surface area contributed by atoms with Crippen LogP contribution in [0.25, 0.3) is 0 Å². The van der Waals surface area contributed by atoms with Gasteiger partial charge in [-0.1, -0.05) is 18.2 Å². The molecule has 1 aliphatic rings. The van der Waals surface area contributed by atoms with E-state index in [1.165, 1.54) is 17.4 Å². The minimum Gasteiger partial charge on any atom is -0.313 e. The van der Waals surface area contributed by atoms with E-state index >= 15 is 0 Å². The van der Waals surface area contributed by atoms with Crippen LogP contribution in [0.15, 0.2) is 24.3 Å². The Hall–Kier alpha value is -0.980. The van der Waals surface area contributed by atoms with Crippen LogP contribution in [0.3, 0.4) is 0 Å². The van der Waals surface area contributed by atoms with Crippen LogP contribution in [0.2, 0.25) is 0 Å². The predicted molar refractivity (Wildman–Crippen MR) is 77.3 cm³/mol. The van der Waals surface area contributed by atoms with Crippen LogP contribution < -0.4 is 5.32 Å². The third-order valence-corrected chi connectivity index (χ3v) is 5.75. The van der Waals surface area contributed by atoms with Gasteiger partial charge in [0.2, 0.25) is 10.0 Å². The highest BCUT2D eigenvalue weighted by Gasteiger charge is 2.29. The lowest BCUT2D eigenvalue weighted by atomic mass is 10.2. The lowest BCUT2D eigenvalue weighted by molar-refractivity contribution is 0.445. The summed E-state index contributed by atoms with van der Waals surface area (Å²) in [5.41, 5.74) is 0.390. The molecule has 0 heterocycles. The molecule has 1 atom stereocenters. The summed E-state index contributed by atoms with van der Waals surface area (Å²) < 4.78 is 39.5. The van der Waals surface area contributed by atoms with Gasteiger partial charge in [0.05, 0.1) is 5.25 Å². The topological polar surface area (TPSA) is 49.4 Å². The minimum atomic E-state index is -3.42. The molecule has 0 aliphatic heterocycles. The molecule has 6 heteroatoms. The molecule has 1 fully saturated rings. The molecule has 0 aromatic heterocycles. The van der Waals surface area contributed by atoms with Crippen molar-refractivity contribution in [1.29, 1.82) is 0 Å². The maximum Gasteiger partial charge on any atom is 0.218 e. The molecule has 1 saturated carbocycles. The second-order valence-corrected chi connectivity index (χ2v) is 7.84. The third kappa shape index (κ3) is 3.77. The molecule has 4 nitrogen and oxygen atoms in total. The molecule has 2 rings (SSSR count). The molecular formula is C14H21FN2O2S. The molecule has 20 heavy (non-hydrogen) atoms. The van der Waals surface area contributed by atoms with Gasteiger partial charge in [-0.25, -0.2) is 17.1 Å². The first-order valence-corrected chi connectivity index (χ1v) is 8.33. The molecule has 1 aromatic carbocycles. The van der Waals surface area contributed by atoms with Crippen molar-refractivity contribution in [3.63, 3.8) is 0 Å². The number of hydrogen-bond donors (Lipinski definition) is 1. The van der Waals surface area contributed by atoms with Crippen LogP contribution in [-0.2, 0) is 16.6 Å². The predicted octanol–water partition coefficient (Wildman–Crippen LogP) is 1.73. The van der Waals surface area contributed by atoms with E-state index in [9.17, 15) is 12.8 Å². The number of rotatable bonds is 7. The Labute approximate surface area is 120 Å². The summed E-state index contributed by atoms with van der Waals surface area (Å²) in [4.78, 5) is 0. The van der Waals surface area contributed by atoms with Gasteiger partial charge in [-0.05, 0) is 25.8 Å². The van der Waals surface area contributed by atoms with Gasteiger partial charge in [0.25, 0.3) is 0 Å². The first-order valence-electron chi connectivity index (χ1n) is 6.83. The third-order valence-electron chi connectivity index (χ3n) is 3.57. The van der Waals surface area contributed by atoms with Gasteiger partial charge in [-0.3, -0.25) is 0 Å². The number of benzene rings is 1. The number of hydrogen-bond acceptors (Lipinski definition) is 3. The van der Waals surface area contributed by atoms with Crippen LogP contribution in [0, 0.1) is 5.82 Å². The molecule has 1 unspecified atom stereocenters. The second kappa shape index (κ2) is 6.20. The van der Waals surface area contributed by atoms with Gasteiger partial charge < -0.3 is 5.32 Å². The first kappa shape index (κ1) is 15.4. The number of sulfonamides is 1. The highest BCUT2D eigenvalue weighted by atomic mass is 32.2. The Bertz CT molecular complexity index is 558. The summed E-state index contributed by atoms with van der Waals surface area (Å²) >= 11 is 0. The van der Waals surface area contributed by atoms with Crippen molar-refractivity contribution in [3.05, 3.63) is 35.6 Å². The van der Waals surface area contributed by atoms with E-state index in [0.29, 0.717) is 18.2 Å². The van der Waals surface area contributed by atoms with Crippen molar-refractivity contribution in [2.45, 2.75) is 37.6 Å². The Balaban J connectivity index is 1.98. The molecule has 0 spiro atoms. The maximum absolute atomic E-state index is 13.6. The number of nitrogens with one attached hydrogen (secondary N) is 1. The maximum atomic E-state index is 13.6. The summed E-state index contributed by atoms with van der Waals surface area (Å²) in [6.45, 7) is 2.18. The highest BCUT2D eigenvalue weighted by molar-refractivity contribution is 7.89. The van der Waals surface area contributed by atoms with Crippen molar-refractivity contribution in [3.8, 4) is 0 Å². The largest absolute Gasteiger partial charge is 0.313 e. The van der Waals surface area contributed by atoms with Crippen molar-refractivity contribution in [2.75, 3.05) is 13.6 Å². The molecule has 1 aliphatic carbocycles. The molecule has 1 N–H and O–H groups in total. The lowest BCUT2D eigenvalue weighted by Gasteiger charge is -2.22. The smallest absolute Gasteiger partial charge is 0.218 e. The Kier molecular flexibility index (Phi) is 4.78. The van der Waals surface area contributed by atoms with Gasteiger partial charge in [0.1, 0.15) is 5.82 Å². The van der Waals surface area contributed by atoms with E-state index in [0.717, 1.165) is 12.8 Å². The van der Waals surface area contributed by atoms with Crippen molar-refractivity contribution >= 4 is 10.0 Å². The van der Waals surface area contributed by atoms with E-state index in [-0.39, 0.29) is 12.4 Å². The lowest BCUT2D eigenvalue weighted by Crippen LogP contribution is -2.40. The van der Waals surface area contributed by atoms with E-state index in [1.54, 1.807) is 25.1 Å². The summed E-state index contributed by atoms with van der Waals surface area (Å²) in [5, 5.41) is 2.70. The molecule has 0 radical (unpaired) electrons. The Morgan fingerprint density at radius 2 is 2.05 bits per heavy atom. The van der Waals surface area contributed by atoms with Gasteiger partial charge in [-0.2, -0.15) is 0 Å². The number of nitrogens with zero attached hydrogens (tertiary/aromatic N) is 1. The molecule has 112 valence electrons. The van der Waals surface area contributed by atoms with E-state index in [1.807, 2.05) is 0 Å². The first-order chi connectivity index (χ1) is 9.41. The molecule has 1 aromatic rings. The van der Waals surface area contributed by atoms with Crippen LogP contribution in [0.4, 0.5) is 4.39 Å². The fraction of sp³-hybridized carbons (Fsp3) is 0.571. The van der Waals surface area contributed by atoms with E-state index in [4.69, 9.17) is 0 Å². The Morgan fingerprint density at radius 3 is 2.65 bits per heavy atom. The van der Waals surface area contributed by atoms with Crippen molar-refractivity contribution in [1.82, 2.24) is 9.62 Å². The molecule has 0 bridgehead atoms. The van der Waals surface area contributed by atoms with Gasteiger partial charge in [0, 0.05) is 31.7 Å². The highest BCUT2D eigenvalue weighted by Crippen LogP contribution is 2.19. The van der Waals surface area contributed by atoms with Gasteiger partial charge in [-0.15, -0.1) is 0 Å². The van der Waals surface area contributed by atoms with Crippen molar-refractivity contribution < 1.29 is 12.8 Å². The van der Waals surface area contributed by atoms with Crippen LogP contribution in [0.1, 0.15) is 25.3 Å². The standard InChI is InChI=1S/C14H21FN2O2S/c1-11(9-16-13-7-8-13)20(18,19)17(2)10-12-5-3-4-6-14(12)15/h3-6,11,13,16H,7-10H2,1-2H3. The molecular weight excluding hydrogens is 279 g/mol. The monoisotopic (exact) mass is 300 g/mol. The average molecular weight is 300 g/mol. The van der Waals surface area contributed by atoms with E-state index < -0.39 is 15.3 Å². The summed E-state index contributed by atoms with van der Waals surface area (Å²) in [5.74, 6) is -0.377. The van der Waals surface area contributed by atoms with Gasteiger partial charge >= 0.3 is 0 Å². The normalized spacial score (nSPS) is 17.4. The van der Waals surface area contributed by atoms with Crippen LogP contribution >= 0.6 is 0 Å². The Morgan fingerprint density at radius 1 is 1.40 bits per heavy atom. The minimum absolute atomic E-state index is 0.0583. The van der Waals surface area contributed by atoms with E-state index in [2.05, 4.69) is 5.32 Å². The second-order valence-electron chi connectivity index (χ2n) is 5.39. The zero-order valence-corrected chi connectivity index (χ0v) is 12.7. The van der Waals surface area contributed by atoms with Crippen molar-refractivity contribution in [2.24, 2.45) is 0 Å². The van der Waals surface area contributed by atoms with Crippen LogP contribution in [-0.4, -0.2) is 37.6 Å². The zero-order valence-electron chi connectivity index (χ0n) is 11.8. The van der Waals surface area contributed by atoms with Gasteiger partial charge in [0.15, 0.2) is 0 Å². The SMILES string of the molecule is CC(CNC1CC1)S(=O)(=O)N(C)Cc1ccccc1F. The fourth-order valence-corrected chi connectivity index (χ4v) is 3.23. The average Bonchev–Trinajstić information content (AvgIpc) is 3.22. The summed E-state index contributed by atoms with van der Waals surface area (Å²) in [7, 11) is -1.92.